The maximum absolute atomic E-state index is 8.53. The van der Waals surface area contributed by atoms with Crippen molar-refractivity contribution in [1.29, 1.82) is 0 Å². The number of hydrogen-bond acceptors (Lipinski definition) is 5. The summed E-state index contributed by atoms with van der Waals surface area (Å²) in [5.74, 6) is 0. The Kier molecular flexibility index (Phi) is 6.05. The van der Waals surface area contributed by atoms with Gasteiger partial charge in [0.05, 0.1) is 19.8 Å². The minimum Gasteiger partial charge on any atom is -0.394 e. The van der Waals surface area contributed by atoms with Crippen molar-refractivity contribution in [2.24, 2.45) is 5.73 Å². The number of aliphatic hydroxyl groups excluding tert-OH is 1. The Labute approximate surface area is 85.2 Å². The van der Waals surface area contributed by atoms with Gasteiger partial charge in [-0.3, -0.25) is 4.90 Å². The Bertz CT molecular complexity index is 146. The number of nitrogens with two attached hydrogens (primary N) is 1. The summed E-state index contributed by atoms with van der Waals surface area (Å²) in [7, 11) is 0. The Morgan fingerprint density at radius 2 is 2.36 bits per heavy atom. The maximum atomic E-state index is 8.53. The summed E-state index contributed by atoms with van der Waals surface area (Å²) in [4.78, 5) is 2.34. The van der Waals surface area contributed by atoms with E-state index in [1.165, 1.54) is 0 Å². The fourth-order valence-corrected chi connectivity index (χ4v) is 1.68. The standard InChI is InChI=1S/C9H21N3O2/c10-7-9-8-11-1-2-12(9)3-5-14-6-4-13/h9,11,13H,1-8,10H2. The Morgan fingerprint density at radius 3 is 3.07 bits per heavy atom. The molecule has 0 bridgehead atoms. The van der Waals surface area contributed by atoms with Crippen molar-refractivity contribution in [2.45, 2.75) is 6.04 Å². The fourth-order valence-electron chi connectivity index (χ4n) is 1.68. The van der Waals surface area contributed by atoms with Crippen LogP contribution < -0.4 is 11.1 Å². The molecule has 1 rings (SSSR count). The first kappa shape index (κ1) is 11.9. The van der Waals surface area contributed by atoms with E-state index in [0.717, 1.165) is 26.2 Å². The molecule has 4 N–H and O–H groups in total. The van der Waals surface area contributed by atoms with E-state index >= 15 is 0 Å². The van der Waals surface area contributed by atoms with E-state index in [2.05, 4.69) is 10.2 Å². The topological polar surface area (TPSA) is 70.8 Å². The number of nitrogens with one attached hydrogen (secondary N) is 1. The molecule has 0 saturated carbocycles. The number of aliphatic hydroxyl groups is 1. The Morgan fingerprint density at radius 1 is 1.50 bits per heavy atom. The van der Waals surface area contributed by atoms with Crippen LogP contribution in [0.1, 0.15) is 0 Å². The average Bonchev–Trinajstić information content (AvgIpc) is 2.25. The molecule has 1 fully saturated rings. The van der Waals surface area contributed by atoms with Gasteiger partial charge in [0.15, 0.2) is 0 Å². The molecule has 84 valence electrons. The van der Waals surface area contributed by atoms with Crippen molar-refractivity contribution >= 4 is 0 Å². The second kappa shape index (κ2) is 7.14. The van der Waals surface area contributed by atoms with Crippen LogP contribution in [0.25, 0.3) is 0 Å². The predicted molar refractivity (Wildman–Crippen MR) is 55.2 cm³/mol. The second-order valence-corrected chi connectivity index (χ2v) is 3.47. The van der Waals surface area contributed by atoms with E-state index in [4.69, 9.17) is 15.6 Å². The SMILES string of the molecule is NCC1CNCCN1CCOCCO. The zero-order chi connectivity index (χ0) is 10.2. The summed E-state index contributed by atoms with van der Waals surface area (Å²) in [6.07, 6.45) is 0. The van der Waals surface area contributed by atoms with Gasteiger partial charge in [0.1, 0.15) is 0 Å². The Balaban J connectivity index is 2.13. The zero-order valence-corrected chi connectivity index (χ0v) is 8.61. The first-order valence-electron chi connectivity index (χ1n) is 5.22. The summed E-state index contributed by atoms with van der Waals surface area (Å²) < 4.78 is 5.23. The normalized spacial score (nSPS) is 24.0. The smallest absolute Gasteiger partial charge is 0.0698 e. The summed E-state index contributed by atoms with van der Waals surface area (Å²) in [6, 6.07) is 0.432. The van der Waals surface area contributed by atoms with E-state index in [1.54, 1.807) is 0 Å². The van der Waals surface area contributed by atoms with Gasteiger partial charge in [-0.2, -0.15) is 0 Å². The molecule has 0 radical (unpaired) electrons. The van der Waals surface area contributed by atoms with Crippen molar-refractivity contribution in [3.05, 3.63) is 0 Å². The Hall–Kier alpha value is -0.200. The number of ether oxygens (including phenoxy) is 1. The van der Waals surface area contributed by atoms with Gasteiger partial charge in [-0.15, -0.1) is 0 Å². The van der Waals surface area contributed by atoms with E-state index in [9.17, 15) is 0 Å². The van der Waals surface area contributed by atoms with E-state index in [-0.39, 0.29) is 6.61 Å². The summed E-state index contributed by atoms with van der Waals surface area (Å²) in [5.41, 5.74) is 5.66. The third-order valence-electron chi connectivity index (χ3n) is 2.50. The van der Waals surface area contributed by atoms with Crippen molar-refractivity contribution in [3.63, 3.8) is 0 Å². The monoisotopic (exact) mass is 203 g/mol. The highest BCUT2D eigenvalue weighted by Crippen LogP contribution is 2.00. The van der Waals surface area contributed by atoms with Crippen LogP contribution in [0.15, 0.2) is 0 Å². The lowest BCUT2D eigenvalue weighted by Gasteiger charge is -2.35. The molecule has 1 atom stereocenters. The van der Waals surface area contributed by atoms with Crippen LogP contribution in [0, 0.1) is 0 Å². The van der Waals surface area contributed by atoms with Crippen LogP contribution in [0.5, 0.6) is 0 Å². The first-order chi connectivity index (χ1) is 6.88. The van der Waals surface area contributed by atoms with Crippen molar-refractivity contribution in [3.8, 4) is 0 Å². The molecule has 0 spiro atoms. The lowest BCUT2D eigenvalue weighted by atomic mass is 10.2. The van der Waals surface area contributed by atoms with E-state index < -0.39 is 0 Å². The fraction of sp³-hybridized carbons (Fsp3) is 1.00. The lowest BCUT2D eigenvalue weighted by Crippen LogP contribution is -2.55. The molecule has 0 aromatic rings. The largest absolute Gasteiger partial charge is 0.394 e. The molecule has 5 heteroatoms. The van der Waals surface area contributed by atoms with Crippen LogP contribution in [-0.2, 0) is 4.74 Å². The second-order valence-electron chi connectivity index (χ2n) is 3.47. The van der Waals surface area contributed by atoms with Crippen molar-refractivity contribution in [2.75, 3.05) is 52.5 Å². The van der Waals surface area contributed by atoms with Crippen LogP contribution in [-0.4, -0.2) is 68.6 Å². The zero-order valence-electron chi connectivity index (χ0n) is 8.61. The van der Waals surface area contributed by atoms with Gasteiger partial charge < -0.3 is 20.9 Å². The molecule has 0 aromatic heterocycles. The highest BCUT2D eigenvalue weighted by Gasteiger charge is 2.19. The summed E-state index contributed by atoms with van der Waals surface area (Å²) in [5, 5.41) is 11.8. The molecule has 1 unspecified atom stereocenters. The predicted octanol–water partition coefficient (Wildman–Crippen LogP) is -1.77. The highest BCUT2D eigenvalue weighted by atomic mass is 16.5. The molecule has 0 aromatic carbocycles. The van der Waals surface area contributed by atoms with Crippen molar-refractivity contribution < 1.29 is 9.84 Å². The van der Waals surface area contributed by atoms with Gasteiger partial charge >= 0.3 is 0 Å². The molecule has 14 heavy (non-hydrogen) atoms. The molecule has 0 aliphatic carbocycles. The van der Waals surface area contributed by atoms with Gasteiger partial charge in [0.2, 0.25) is 0 Å². The number of hydrogen-bond donors (Lipinski definition) is 3. The molecule has 1 saturated heterocycles. The van der Waals surface area contributed by atoms with E-state index in [1.807, 2.05) is 0 Å². The number of nitrogens with zero attached hydrogens (tertiary/aromatic N) is 1. The van der Waals surface area contributed by atoms with Gasteiger partial charge in [-0.05, 0) is 0 Å². The first-order valence-corrected chi connectivity index (χ1v) is 5.22. The van der Waals surface area contributed by atoms with Crippen LogP contribution in [0.2, 0.25) is 0 Å². The molecule has 1 aliphatic heterocycles. The van der Waals surface area contributed by atoms with Crippen LogP contribution in [0.3, 0.4) is 0 Å². The average molecular weight is 203 g/mol. The van der Waals surface area contributed by atoms with E-state index in [0.29, 0.717) is 25.8 Å². The number of rotatable bonds is 6. The summed E-state index contributed by atoms with van der Waals surface area (Å²) in [6.45, 7) is 5.83. The molecule has 0 amide bonds. The quantitative estimate of drug-likeness (QED) is 0.446. The molecular weight excluding hydrogens is 182 g/mol. The highest BCUT2D eigenvalue weighted by molar-refractivity contribution is 4.79. The molecule has 5 nitrogen and oxygen atoms in total. The molecule has 1 heterocycles. The summed E-state index contributed by atoms with van der Waals surface area (Å²) >= 11 is 0. The molecule has 1 aliphatic rings. The minimum absolute atomic E-state index is 0.0991. The van der Waals surface area contributed by atoms with Crippen molar-refractivity contribution in [1.82, 2.24) is 10.2 Å². The van der Waals surface area contributed by atoms with Gasteiger partial charge in [0, 0.05) is 38.8 Å². The third kappa shape index (κ3) is 3.89. The van der Waals surface area contributed by atoms with Crippen LogP contribution >= 0.6 is 0 Å². The minimum atomic E-state index is 0.0991. The number of piperazine rings is 1. The maximum Gasteiger partial charge on any atom is 0.0698 e. The lowest BCUT2D eigenvalue weighted by molar-refractivity contribution is 0.0582. The van der Waals surface area contributed by atoms with Crippen LogP contribution in [0.4, 0.5) is 0 Å². The van der Waals surface area contributed by atoms with Gasteiger partial charge in [-0.25, -0.2) is 0 Å². The van der Waals surface area contributed by atoms with Gasteiger partial charge in [-0.1, -0.05) is 0 Å². The third-order valence-corrected chi connectivity index (χ3v) is 2.50. The molecular formula is C9H21N3O2. The van der Waals surface area contributed by atoms with Gasteiger partial charge in [0.25, 0.3) is 0 Å².